The van der Waals surface area contributed by atoms with Crippen molar-refractivity contribution in [3.05, 3.63) is 35.9 Å². The third-order valence-corrected chi connectivity index (χ3v) is 6.17. The van der Waals surface area contributed by atoms with E-state index >= 15 is 0 Å². The summed E-state index contributed by atoms with van der Waals surface area (Å²) < 4.78 is 22.6. The highest BCUT2D eigenvalue weighted by atomic mass is 35.5. The molecular weight excluding hydrogens is 362 g/mol. The molecule has 1 aromatic carbocycles. The van der Waals surface area contributed by atoms with Crippen molar-refractivity contribution in [2.45, 2.75) is 24.7 Å². The quantitative estimate of drug-likeness (QED) is 0.801. The molecule has 0 bridgehead atoms. The number of hydrogen-bond acceptors (Lipinski definition) is 4. The fourth-order valence-corrected chi connectivity index (χ4v) is 4.95. The molecule has 0 aliphatic carbocycles. The minimum atomic E-state index is -3.50. The molecule has 0 aromatic heterocycles. The van der Waals surface area contributed by atoms with Crippen molar-refractivity contribution in [2.75, 3.05) is 31.9 Å². The van der Waals surface area contributed by atoms with Crippen molar-refractivity contribution in [3.8, 4) is 0 Å². The molecule has 25 heavy (non-hydrogen) atoms. The Morgan fingerprint density at radius 2 is 1.88 bits per heavy atom. The number of primary sulfonamides is 1. The maximum atomic E-state index is 13.4. The molecule has 8 heteroatoms. The number of carbonyl (C=O) groups excluding carboxylic acids is 1. The second kappa shape index (κ2) is 8.03. The predicted molar refractivity (Wildman–Crippen MR) is 100 cm³/mol. The van der Waals surface area contributed by atoms with E-state index in [1.165, 1.54) is 0 Å². The zero-order valence-electron chi connectivity index (χ0n) is 14.2. The fraction of sp³-hybridized carbons (Fsp3) is 0.588. The molecule has 1 amide bonds. The molecule has 2 fully saturated rings. The van der Waals surface area contributed by atoms with Gasteiger partial charge in [0.2, 0.25) is 15.9 Å². The third-order valence-electron chi connectivity index (χ3n) is 5.23. The summed E-state index contributed by atoms with van der Waals surface area (Å²) in [5.41, 5.74) is 0.564. The summed E-state index contributed by atoms with van der Waals surface area (Å²) in [6.45, 7) is 2.72. The lowest BCUT2D eigenvalue weighted by atomic mass is 9.72. The van der Waals surface area contributed by atoms with Crippen molar-refractivity contribution in [2.24, 2.45) is 11.1 Å². The van der Waals surface area contributed by atoms with Crippen LogP contribution < -0.4 is 10.5 Å². The summed E-state index contributed by atoms with van der Waals surface area (Å²) in [6.07, 6.45) is 2.24. The van der Waals surface area contributed by atoms with E-state index in [0.717, 1.165) is 31.5 Å². The van der Waals surface area contributed by atoms with Gasteiger partial charge in [0, 0.05) is 13.1 Å². The second-order valence-corrected chi connectivity index (χ2v) is 8.59. The number of sulfonamides is 1. The minimum absolute atomic E-state index is 0. The molecule has 2 aliphatic rings. The zero-order chi connectivity index (χ0) is 17.2. The molecule has 140 valence electrons. The van der Waals surface area contributed by atoms with Gasteiger partial charge >= 0.3 is 0 Å². The van der Waals surface area contributed by atoms with Crippen LogP contribution in [0.2, 0.25) is 0 Å². The predicted octanol–water partition coefficient (Wildman–Crippen LogP) is 0.867. The van der Waals surface area contributed by atoms with Gasteiger partial charge in [0.05, 0.1) is 11.2 Å². The number of halogens is 1. The molecular formula is C17H26ClN3O3S. The number of likely N-dealkylation sites (tertiary alicyclic amines) is 1. The van der Waals surface area contributed by atoms with Gasteiger partial charge in [0.15, 0.2) is 0 Å². The molecule has 3 rings (SSSR count). The lowest BCUT2D eigenvalue weighted by Gasteiger charge is -2.39. The van der Waals surface area contributed by atoms with E-state index in [-0.39, 0.29) is 30.0 Å². The van der Waals surface area contributed by atoms with Crippen molar-refractivity contribution >= 4 is 28.3 Å². The lowest BCUT2D eigenvalue weighted by molar-refractivity contribution is -0.137. The Kier molecular flexibility index (Phi) is 6.48. The Hall–Kier alpha value is -1.15. The normalized spacial score (nSPS) is 23.1. The van der Waals surface area contributed by atoms with Gasteiger partial charge in [0.25, 0.3) is 0 Å². The van der Waals surface area contributed by atoms with Crippen LogP contribution in [0.1, 0.15) is 24.8 Å². The molecule has 2 heterocycles. The Morgan fingerprint density at radius 3 is 2.48 bits per heavy atom. The van der Waals surface area contributed by atoms with Crippen LogP contribution in [-0.4, -0.2) is 51.2 Å². The van der Waals surface area contributed by atoms with Gasteiger partial charge in [-0.25, -0.2) is 13.6 Å². The Bertz CT molecular complexity index is 690. The van der Waals surface area contributed by atoms with Crippen molar-refractivity contribution in [3.63, 3.8) is 0 Å². The second-order valence-electron chi connectivity index (χ2n) is 6.93. The highest BCUT2D eigenvalue weighted by molar-refractivity contribution is 7.89. The van der Waals surface area contributed by atoms with Gasteiger partial charge in [-0.1, -0.05) is 30.3 Å². The van der Waals surface area contributed by atoms with Gasteiger partial charge in [-0.15, -0.1) is 12.4 Å². The first-order valence-electron chi connectivity index (χ1n) is 8.47. The molecule has 1 aromatic rings. The number of carbonyl (C=O) groups is 1. The summed E-state index contributed by atoms with van der Waals surface area (Å²) in [5.74, 6) is 0.0297. The molecule has 2 aliphatic heterocycles. The van der Waals surface area contributed by atoms with Gasteiger partial charge in [0.1, 0.15) is 0 Å². The Labute approximate surface area is 155 Å². The standard InChI is InChI=1S/C17H25N3O3S.ClH/c18-24(22,23)13-14-6-11-20(12-14)16(21)17(7-9-19-10-8-17)15-4-2-1-3-5-15;/h1-5,14,19H,6-13H2,(H2,18,22,23);1H. The van der Waals surface area contributed by atoms with Crippen molar-refractivity contribution < 1.29 is 13.2 Å². The van der Waals surface area contributed by atoms with E-state index < -0.39 is 15.4 Å². The van der Waals surface area contributed by atoms with E-state index in [0.29, 0.717) is 19.5 Å². The lowest BCUT2D eigenvalue weighted by Crippen LogP contribution is -2.51. The van der Waals surface area contributed by atoms with Crippen LogP contribution in [0, 0.1) is 5.92 Å². The van der Waals surface area contributed by atoms with E-state index in [9.17, 15) is 13.2 Å². The van der Waals surface area contributed by atoms with Gasteiger partial charge < -0.3 is 10.2 Å². The third kappa shape index (κ3) is 4.53. The van der Waals surface area contributed by atoms with Gasteiger partial charge in [-0.05, 0) is 43.8 Å². The van der Waals surface area contributed by atoms with E-state index in [2.05, 4.69) is 5.32 Å². The monoisotopic (exact) mass is 387 g/mol. The highest BCUT2D eigenvalue weighted by Gasteiger charge is 2.45. The number of hydrogen-bond donors (Lipinski definition) is 2. The van der Waals surface area contributed by atoms with E-state index in [1.807, 2.05) is 35.2 Å². The number of nitrogens with two attached hydrogens (primary N) is 1. The fourth-order valence-electron chi connectivity index (χ4n) is 4.02. The number of amides is 1. The largest absolute Gasteiger partial charge is 0.342 e. The average Bonchev–Trinajstić information content (AvgIpc) is 3.02. The van der Waals surface area contributed by atoms with Gasteiger partial charge in [-0.2, -0.15) is 0 Å². The number of nitrogens with one attached hydrogen (secondary N) is 1. The summed E-state index contributed by atoms with van der Waals surface area (Å²) in [7, 11) is -3.50. The van der Waals surface area contributed by atoms with Crippen LogP contribution in [0.5, 0.6) is 0 Å². The number of rotatable bonds is 4. The number of benzene rings is 1. The molecule has 3 N–H and O–H groups in total. The molecule has 1 unspecified atom stereocenters. The summed E-state index contributed by atoms with van der Waals surface area (Å²) in [4.78, 5) is 15.2. The zero-order valence-corrected chi connectivity index (χ0v) is 15.8. The molecule has 2 saturated heterocycles. The van der Waals surface area contributed by atoms with Crippen LogP contribution in [0.25, 0.3) is 0 Å². The summed E-state index contributed by atoms with van der Waals surface area (Å²) >= 11 is 0. The molecule has 0 radical (unpaired) electrons. The Balaban J connectivity index is 0.00000225. The van der Waals surface area contributed by atoms with Crippen LogP contribution >= 0.6 is 12.4 Å². The molecule has 6 nitrogen and oxygen atoms in total. The minimum Gasteiger partial charge on any atom is -0.342 e. The van der Waals surface area contributed by atoms with Crippen molar-refractivity contribution in [1.29, 1.82) is 0 Å². The first-order valence-corrected chi connectivity index (χ1v) is 10.2. The molecule has 0 saturated carbocycles. The molecule has 1 atom stereocenters. The summed E-state index contributed by atoms with van der Waals surface area (Å²) in [6, 6.07) is 9.96. The van der Waals surface area contributed by atoms with E-state index in [1.54, 1.807) is 0 Å². The van der Waals surface area contributed by atoms with Crippen LogP contribution in [0.4, 0.5) is 0 Å². The average molecular weight is 388 g/mol. The number of piperidine rings is 1. The van der Waals surface area contributed by atoms with Crippen molar-refractivity contribution in [1.82, 2.24) is 10.2 Å². The molecule has 0 spiro atoms. The highest BCUT2D eigenvalue weighted by Crippen LogP contribution is 2.37. The van der Waals surface area contributed by atoms with Crippen LogP contribution in [0.3, 0.4) is 0 Å². The summed E-state index contributed by atoms with van der Waals surface area (Å²) in [5, 5.41) is 8.49. The first-order chi connectivity index (χ1) is 11.4. The maximum absolute atomic E-state index is 13.4. The SMILES string of the molecule is Cl.NS(=O)(=O)CC1CCN(C(=O)C2(c3ccccc3)CCNCC2)C1. The van der Waals surface area contributed by atoms with Crippen LogP contribution in [-0.2, 0) is 20.2 Å². The van der Waals surface area contributed by atoms with Crippen LogP contribution in [0.15, 0.2) is 30.3 Å². The van der Waals surface area contributed by atoms with Gasteiger partial charge in [-0.3, -0.25) is 4.79 Å². The Morgan fingerprint density at radius 1 is 1.24 bits per heavy atom. The number of nitrogens with zero attached hydrogens (tertiary/aromatic N) is 1. The first kappa shape index (κ1) is 20.2. The smallest absolute Gasteiger partial charge is 0.233 e. The van der Waals surface area contributed by atoms with E-state index in [4.69, 9.17) is 5.14 Å². The maximum Gasteiger partial charge on any atom is 0.233 e. The topological polar surface area (TPSA) is 92.5 Å².